The zero-order chi connectivity index (χ0) is 80.9. The lowest BCUT2D eigenvalue weighted by Gasteiger charge is -2.34. The van der Waals surface area contributed by atoms with Crippen LogP contribution in [0.15, 0.2) is 91.1 Å². The number of thiol groups is 2. The number of nitrogens with zero attached hydrogens (tertiary/aromatic N) is 3. The van der Waals surface area contributed by atoms with Gasteiger partial charge in [0.2, 0.25) is 65.0 Å². The third-order valence-corrected chi connectivity index (χ3v) is 18.6. The Kier molecular flexibility index (Phi) is 36.1. The van der Waals surface area contributed by atoms with E-state index in [2.05, 4.69) is 90.3 Å². The van der Waals surface area contributed by atoms with Gasteiger partial charge in [-0.1, -0.05) is 101 Å². The van der Waals surface area contributed by atoms with Gasteiger partial charge in [0.05, 0.1) is 68.7 Å². The molecular weight excluding hydrogens is 1460 g/mol. The van der Waals surface area contributed by atoms with Gasteiger partial charge in [0.1, 0.15) is 54.5 Å². The number of benzene rings is 3. The topological polar surface area (TPSA) is 554 Å². The normalized spacial score (nSPS) is 17.5. The average Bonchev–Trinajstić information content (AvgIpc) is 1.77. The molecule has 109 heavy (non-hydrogen) atoms. The fourth-order valence-corrected chi connectivity index (χ4v) is 12.5. The van der Waals surface area contributed by atoms with Crippen LogP contribution in [-0.2, 0) is 75.2 Å². The third-order valence-electron chi connectivity index (χ3n) is 17.9. The number of aromatic hydroxyl groups is 1. The molecule has 14 atom stereocenters. The molecular formula is C71H102N16O20S2. The van der Waals surface area contributed by atoms with Crippen LogP contribution in [0.4, 0.5) is 4.79 Å². The number of urea groups is 1. The zero-order valence-electron chi connectivity index (χ0n) is 61.2. The van der Waals surface area contributed by atoms with Crippen LogP contribution in [0.25, 0.3) is 11.1 Å². The van der Waals surface area contributed by atoms with Crippen molar-refractivity contribution in [1.29, 1.82) is 0 Å². The second kappa shape index (κ2) is 43.9. The highest BCUT2D eigenvalue weighted by Crippen LogP contribution is 2.23. The van der Waals surface area contributed by atoms with Gasteiger partial charge in [0.25, 0.3) is 0 Å². The molecule has 38 heteroatoms. The summed E-state index contributed by atoms with van der Waals surface area (Å²) in [6.07, 6.45) is -7.42. The number of amides is 13. The molecule has 2 heterocycles. The number of phenols is 1. The van der Waals surface area contributed by atoms with Crippen LogP contribution < -0.4 is 70.0 Å². The number of aliphatic hydroxyl groups excluding tert-OH is 3. The Bertz CT molecular complexity index is 3680. The van der Waals surface area contributed by atoms with Crippen LogP contribution >= 0.6 is 25.3 Å². The molecule has 2 saturated heterocycles. The summed E-state index contributed by atoms with van der Waals surface area (Å²) in [5, 5.41) is 90.4. The van der Waals surface area contributed by atoms with Gasteiger partial charge in [-0.3, -0.25) is 78.3 Å². The van der Waals surface area contributed by atoms with Crippen molar-refractivity contribution < 1.29 is 97.8 Å². The molecule has 13 amide bonds. The number of rotatable bonds is 45. The predicted molar refractivity (Wildman–Crippen MR) is 401 cm³/mol. The number of carboxylic acid groups (broad SMARTS) is 2. The third kappa shape index (κ3) is 28.5. The van der Waals surface area contributed by atoms with Crippen molar-refractivity contribution in [3.63, 3.8) is 0 Å². The van der Waals surface area contributed by atoms with Crippen LogP contribution in [0.1, 0.15) is 84.3 Å². The van der Waals surface area contributed by atoms with Gasteiger partial charge in [0, 0.05) is 56.2 Å². The molecule has 0 bridgehead atoms. The predicted octanol–water partition coefficient (Wildman–Crippen LogP) is -4.01. The maximum atomic E-state index is 14.4. The van der Waals surface area contributed by atoms with Crippen molar-refractivity contribution in [2.75, 3.05) is 57.3 Å². The molecule has 2 aliphatic rings. The molecule has 2 fully saturated rings. The SMILES string of the molecule is C=C(CN1CC(C)C(=O)NC1=O)N(CCN)CC(=O)N[C@@H](CC(C)C)C(=O)N1CCC[C@H]1C(=O)N[C@@H](CS)C(=O)N[C@@H](CC(=O)O)[C@H](O)N[C@@H](CC)C(=O)N[C@@H](Cc1ccc(O)cc1)C(=O)NCC(=O)N[C@@H](C(C)O)[C@H](O)N[C@@H](CS)C(=O)N[C@@H](Cc1ccc(-c2ccccc2)cc1)C(=O)N[C@@H](CC(=O)O)C(N)=O. The minimum Gasteiger partial charge on any atom is -0.508 e. The Morgan fingerprint density at radius 2 is 1.21 bits per heavy atom. The Morgan fingerprint density at radius 1 is 0.661 bits per heavy atom. The molecule has 36 nitrogen and oxygen atoms in total. The summed E-state index contributed by atoms with van der Waals surface area (Å²) in [5.74, 6) is -14.1. The Labute approximate surface area is 641 Å². The van der Waals surface area contributed by atoms with E-state index in [9.17, 15) is 97.8 Å². The van der Waals surface area contributed by atoms with E-state index in [1.54, 1.807) is 36.1 Å². The van der Waals surface area contributed by atoms with Crippen molar-refractivity contribution in [3.8, 4) is 16.9 Å². The van der Waals surface area contributed by atoms with E-state index in [0.717, 1.165) is 11.1 Å². The number of nitrogens with one attached hydrogen (secondary N) is 11. The van der Waals surface area contributed by atoms with Crippen LogP contribution in [0, 0.1) is 11.8 Å². The molecule has 0 saturated carbocycles. The quantitative estimate of drug-likeness (QED) is 0.0189. The van der Waals surface area contributed by atoms with Crippen molar-refractivity contribution in [3.05, 3.63) is 102 Å². The maximum absolute atomic E-state index is 14.4. The Morgan fingerprint density at radius 3 is 1.77 bits per heavy atom. The first-order valence-electron chi connectivity index (χ1n) is 35.4. The number of phenolic OH excluding ortho intramolecular Hbond substituents is 1. The van der Waals surface area contributed by atoms with Gasteiger partial charge in [-0.2, -0.15) is 25.3 Å². The van der Waals surface area contributed by atoms with E-state index >= 15 is 0 Å². The summed E-state index contributed by atoms with van der Waals surface area (Å²) in [4.78, 5) is 191. The maximum Gasteiger partial charge on any atom is 0.324 e. The highest BCUT2D eigenvalue weighted by Gasteiger charge is 2.41. The number of imide groups is 1. The van der Waals surface area contributed by atoms with Gasteiger partial charge >= 0.3 is 18.0 Å². The summed E-state index contributed by atoms with van der Waals surface area (Å²) in [7, 11) is 0. The molecule has 0 aromatic heterocycles. The van der Waals surface area contributed by atoms with E-state index in [-0.39, 0.29) is 94.5 Å². The first kappa shape index (κ1) is 89.7. The molecule has 2 unspecified atom stereocenters. The van der Waals surface area contributed by atoms with E-state index in [0.29, 0.717) is 23.2 Å². The number of carboxylic acids is 2. The molecule has 21 N–H and O–H groups in total. The average molecular weight is 1560 g/mol. The highest BCUT2D eigenvalue weighted by molar-refractivity contribution is 7.80. The lowest BCUT2D eigenvalue weighted by molar-refractivity contribution is -0.142. The molecule has 598 valence electrons. The minimum absolute atomic E-state index is 0.0298. The van der Waals surface area contributed by atoms with Crippen LogP contribution in [0.2, 0.25) is 0 Å². The number of carbonyl (C=O) groups is 14. The number of nitrogens with two attached hydrogens (primary N) is 2. The van der Waals surface area contributed by atoms with E-state index in [4.69, 9.17) is 11.5 Å². The summed E-state index contributed by atoms with van der Waals surface area (Å²) < 4.78 is 0. The van der Waals surface area contributed by atoms with E-state index in [1.165, 1.54) is 47.9 Å². The Balaban J connectivity index is 1.22. The van der Waals surface area contributed by atoms with Crippen molar-refractivity contribution in [2.45, 2.75) is 165 Å². The standard InChI is InChI=1S/C71H102N16O20S2/c1-7-46(76-65(101)50(30-58(94)95)80-66(102)52(35-108)81-68(104)54-14-11-24-87(54)70(106)51(26-37(2)3)75-56(91)34-85(25-23-72)39(5)33-86-32-38(4)61(97)84-71(86)107)63(99)78-48(27-42-17-21-45(89)22-18-42)62(98)74-31-55(90)83-59(40(6)88)69(105)82-53(36-109)67(103)79-49(64(100)77-47(60(73)96)29-57(92)93)28-41-15-19-44(20-16-41)43-12-9-8-10-13-43/h8-10,12-13,15-22,37-38,40,46-54,59,65,69,76,82,88-89,101,105,108-109H,5,7,11,14,23-36,72H2,1-4,6H3,(H2,73,96)(H,74,98)(H,75,91)(H,77,100)(H,78,99)(H,79,103)(H,80,102)(H,81,104)(H,83,90)(H,92,93)(H,94,95)(H,84,97,107)/t38?,40?,46-,47-,48-,49-,50-,51-,52-,53-,54-,59-,65-,69-/m0/s1. The lowest BCUT2D eigenvalue weighted by Crippen LogP contribution is -2.62. The number of aliphatic hydroxyl groups is 3. The largest absolute Gasteiger partial charge is 0.508 e. The van der Waals surface area contributed by atoms with Crippen LogP contribution in [-0.4, -0.2) is 265 Å². The van der Waals surface area contributed by atoms with Crippen molar-refractivity contribution >= 4 is 108 Å². The summed E-state index contributed by atoms with van der Waals surface area (Å²) in [6, 6.07) is 6.23. The number of hydrogen-bond donors (Lipinski definition) is 21. The minimum atomic E-state index is -2.03. The highest BCUT2D eigenvalue weighted by atomic mass is 32.1. The zero-order valence-corrected chi connectivity index (χ0v) is 63.0. The van der Waals surface area contributed by atoms with Crippen LogP contribution in [0.3, 0.4) is 0 Å². The molecule has 3 aromatic rings. The van der Waals surface area contributed by atoms with Crippen molar-refractivity contribution in [2.24, 2.45) is 23.3 Å². The smallest absolute Gasteiger partial charge is 0.324 e. The van der Waals surface area contributed by atoms with Gasteiger partial charge in [-0.25, -0.2) is 4.79 Å². The Hall–Kier alpha value is -9.96. The second-order valence-electron chi connectivity index (χ2n) is 27.0. The number of primary amides is 1. The molecule has 2 aliphatic heterocycles. The monoisotopic (exact) mass is 1560 g/mol. The first-order chi connectivity index (χ1) is 51.6. The summed E-state index contributed by atoms with van der Waals surface area (Å²) in [6.45, 7) is 11.2. The fourth-order valence-electron chi connectivity index (χ4n) is 12.0. The molecule has 0 spiro atoms. The van der Waals surface area contributed by atoms with E-state index < -0.39 is 187 Å². The number of likely N-dealkylation sites (tertiary alicyclic amines) is 1. The number of aliphatic carboxylic acids is 2. The van der Waals surface area contributed by atoms with Gasteiger partial charge < -0.3 is 99.3 Å². The number of carbonyl (C=O) groups excluding carboxylic acids is 12. The van der Waals surface area contributed by atoms with E-state index in [1.807, 2.05) is 44.2 Å². The molecule has 5 rings (SSSR count). The molecule has 0 aliphatic carbocycles. The fraction of sp³-hybridized carbons (Fsp3) is 0.521. The second-order valence-corrected chi connectivity index (χ2v) is 27.8. The number of hydrogen-bond acceptors (Lipinski definition) is 24. The lowest BCUT2D eigenvalue weighted by atomic mass is 9.99. The molecule has 0 radical (unpaired) electrons. The summed E-state index contributed by atoms with van der Waals surface area (Å²) in [5.41, 5.74) is 14.2. The first-order valence-corrected chi connectivity index (χ1v) is 36.7. The van der Waals surface area contributed by atoms with Crippen molar-refractivity contribution in [1.82, 2.24) is 73.2 Å². The van der Waals surface area contributed by atoms with Gasteiger partial charge in [0.15, 0.2) is 0 Å². The van der Waals surface area contributed by atoms with Crippen LogP contribution in [0.5, 0.6) is 5.75 Å². The van der Waals surface area contributed by atoms with Gasteiger partial charge in [-0.05, 0) is 72.9 Å². The summed E-state index contributed by atoms with van der Waals surface area (Å²) >= 11 is 8.51. The molecule has 3 aromatic carbocycles. The van der Waals surface area contributed by atoms with Gasteiger partial charge in [-0.15, -0.1) is 0 Å².